The number of hydrogen-bond acceptors (Lipinski definition) is 5. The van der Waals surface area contributed by atoms with Crippen LogP contribution in [0.1, 0.15) is 36.2 Å². The van der Waals surface area contributed by atoms with E-state index in [-0.39, 0.29) is 6.04 Å². The topological polar surface area (TPSA) is 51.0 Å². The average Bonchev–Trinajstić information content (AvgIpc) is 3.10. The summed E-state index contributed by atoms with van der Waals surface area (Å²) in [6.45, 7) is 5.00. The zero-order chi connectivity index (χ0) is 14.8. The summed E-state index contributed by atoms with van der Waals surface area (Å²) in [4.78, 5) is 1.12. The van der Waals surface area contributed by atoms with Crippen LogP contribution < -0.4 is 5.32 Å². The first-order chi connectivity index (χ1) is 10.2. The number of nitrogens with one attached hydrogen (secondary N) is 1. The molecule has 4 nitrogen and oxygen atoms in total. The molecule has 1 unspecified atom stereocenters. The summed E-state index contributed by atoms with van der Waals surface area (Å²) in [5, 5.41) is 9.37. The molecule has 6 heteroatoms. The second-order valence-corrected chi connectivity index (χ2v) is 5.98. The molecule has 0 amide bonds. The van der Waals surface area contributed by atoms with Gasteiger partial charge >= 0.3 is 0 Å². The SMILES string of the molecule is CCNC(c1cc2cc(Cl)ccc2o1)c1snnc1CC. The molecular formula is C15H16ClN3OS. The molecular weight excluding hydrogens is 306 g/mol. The van der Waals surface area contributed by atoms with E-state index in [1.165, 1.54) is 11.5 Å². The van der Waals surface area contributed by atoms with Gasteiger partial charge in [-0.15, -0.1) is 5.10 Å². The highest BCUT2D eigenvalue weighted by Crippen LogP contribution is 2.32. The second kappa shape index (κ2) is 6.13. The molecule has 1 atom stereocenters. The summed E-state index contributed by atoms with van der Waals surface area (Å²) in [5.74, 6) is 0.870. The molecule has 110 valence electrons. The predicted octanol–water partition coefficient (Wildman–Crippen LogP) is 4.20. The first-order valence-electron chi connectivity index (χ1n) is 6.96. The van der Waals surface area contributed by atoms with Gasteiger partial charge in [0.05, 0.1) is 10.6 Å². The predicted molar refractivity (Wildman–Crippen MR) is 86.0 cm³/mol. The number of benzene rings is 1. The van der Waals surface area contributed by atoms with Gasteiger partial charge in [-0.1, -0.05) is 29.9 Å². The van der Waals surface area contributed by atoms with E-state index in [4.69, 9.17) is 16.0 Å². The number of halogens is 1. The summed E-state index contributed by atoms with van der Waals surface area (Å²) >= 11 is 7.46. The van der Waals surface area contributed by atoms with Crippen LogP contribution in [0.3, 0.4) is 0 Å². The maximum absolute atomic E-state index is 6.04. The van der Waals surface area contributed by atoms with E-state index >= 15 is 0 Å². The molecule has 0 aliphatic rings. The molecule has 2 aromatic heterocycles. The van der Waals surface area contributed by atoms with E-state index in [1.807, 2.05) is 24.3 Å². The zero-order valence-electron chi connectivity index (χ0n) is 11.9. The molecule has 0 saturated carbocycles. The number of rotatable bonds is 5. The first kappa shape index (κ1) is 14.5. The molecule has 0 saturated heterocycles. The van der Waals surface area contributed by atoms with Crippen LogP contribution in [0.2, 0.25) is 5.02 Å². The Morgan fingerprint density at radius 1 is 1.33 bits per heavy atom. The maximum atomic E-state index is 6.04. The highest BCUT2D eigenvalue weighted by atomic mass is 35.5. The minimum absolute atomic E-state index is 0.0175. The Labute approximate surface area is 132 Å². The lowest BCUT2D eigenvalue weighted by Gasteiger charge is -2.14. The van der Waals surface area contributed by atoms with Crippen LogP contribution in [0, 0.1) is 0 Å². The van der Waals surface area contributed by atoms with Gasteiger partial charge < -0.3 is 9.73 Å². The van der Waals surface area contributed by atoms with Crippen molar-refractivity contribution in [1.82, 2.24) is 14.9 Å². The minimum atomic E-state index is -0.0175. The Morgan fingerprint density at radius 2 is 2.19 bits per heavy atom. The van der Waals surface area contributed by atoms with Gasteiger partial charge in [-0.3, -0.25) is 0 Å². The number of aromatic nitrogens is 2. The van der Waals surface area contributed by atoms with Gasteiger partial charge in [0.1, 0.15) is 17.4 Å². The molecule has 0 fully saturated rings. The molecule has 3 rings (SSSR count). The fourth-order valence-electron chi connectivity index (χ4n) is 2.38. The first-order valence-corrected chi connectivity index (χ1v) is 8.11. The Hall–Kier alpha value is -1.43. The van der Waals surface area contributed by atoms with Crippen molar-refractivity contribution in [3.05, 3.63) is 45.6 Å². The van der Waals surface area contributed by atoms with E-state index < -0.39 is 0 Å². The Morgan fingerprint density at radius 3 is 2.95 bits per heavy atom. The van der Waals surface area contributed by atoms with E-state index in [0.717, 1.165) is 40.3 Å². The Bertz CT molecular complexity index is 752. The van der Waals surface area contributed by atoms with Crippen LogP contribution in [0.15, 0.2) is 28.7 Å². The van der Waals surface area contributed by atoms with Crippen molar-refractivity contribution >= 4 is 34.1 Å². The minimum Gasteiger partial charge on any atom is -0.459 e. The van der Waals surface area contributed by atoms with Crippen molar-refractivity contribution in [1.29, 1.82) is 0 Å². The highest BCUT2D eigenvalue weighted by molar-refractivity contribution is 7.05. The summed E-state index contributed by atoms with van der Waals surface area (Å²) in [5.41, 5.74) is 1.86. The van der Waals surface area contributed by atoms with Crippen molar-refractivity contribution in [3.63, 3.8) is 0 Å². The number of nitrogens with zero attached hydrogens (tertiary/aromatic N) is 2. The van der Waals surface area contributed by atoms with Crippen molar-refractivity contribution < 1.29 is 4.42 Å². The number of fused-ring (bicyclic) bond motifs is 1. The van der Waals surface area contributed by atoms with E-state index in [0.29, 0.717) is 5.02 Å². The zero-order valence-corrected chi connectivity index (χ0v) is 13.5. The summed E-state index contributed by atoms with van der Waals surface area (Å²) < 4.78 is 10.1. The molecule has 1 aromatic carbocycles. The largest absolute Gasteiger partial charge is 0.459 e. The van der Waals surface area contributed by atoms with Crippen LogP contribution >= 0.6 is 23.1 Å². The smallest absolute Gasteiger partial charge is 0.134 e. The monoisotopic (exact) mass is 321 g/mol. The number of hydrogen-bond donors (Lipinski definition) is 1. The molecule has 3 aromatic rings. The molecule has 0 aliphatic heterocycles. The summed E-state index contributed by atoms with van der Waals surface area (Å²) in [6.07, 6.45) is 0.861. The Kier molecular flexibility index (Phi) is 4.24. The van der Waals surface area contributed by atoms with Gasteiger partial charge in [0, 0.05) is 10.4 Å². The van der Waals surface area contributed by atoms with Gasteiger partial charge in [0.15, 0.2) is 0 Å². The third-order valence-electron chi connectivity index (χ3n) is 3.37. The van der Waals surface area contributed by atoms with E-state index in [9.17, 15) is 0 Å². The lowest BCUT2D eigenvalue weighted by molar-refractivity contribution is 0.479. The summed E-state index contributed by atoms with van der Waals surface area (Å²) in [7, 11) is 0. The van der Waals surface area contributed by atoms with E-state index in [2.05, 4.69) is 28.8 Å². The van der Waals surface area contributed by atoms with E-state index in [1.54, 1.807) is 0 Å². The lowest BCUT2D eigenvalue weighted by Crippen LogP contribution is -2.21. The van der Waals surface area contributed by atoms with Crippen LogP contribution in [-0.2, 0) is 6.42 Å². The van der Waals surface area contributed by atoms with Crippen LogP contribution in [0.25, 0.3) is 11.0 Å². The molecule has 0 spiro atoms. The van der Waals surface area contributed by atoms with Gasteiger partial charge in [-0.2, -0.15) is 0 Å². The fraction of sp³-hybridized carbons (Fsp3) is 0.333. The van der Waals surface area contributed by atoms with Crippen LogP contribution in [0.4, 0.5) is 0 Å². The molecule has 0 radical (unpaired) electrons. The number of furan rings is 1. The summed E-state index contributed by atoms with van der Waals surface area (Å²) in [6, 6.07) is 7.67. The van der Waals surface area contributed by atoms with Crippen LogP contribution in [-0.4, -0.2) is 16.1 Å². The van der Waals surface area contributed by atoms with Gasteiger partial charge in [-0.05, 0) is 48.8 Å². The maximum Gasteiger partial charge on any atom is 0.134 e. The normalized spacial score (nSPS) is 12.9. The van der Waals surface area contributed by atoms with Crippen molar-refractivity contribution in [3.8, 4) is 0 Å². The average molecular weight is 322 g/mol. The molecule has 0 aliphatic carbocycles. The lowest BCUT2D eigenvalue weighted by atomic mass is 10.1. The fourth-order valence-corrected chi connectivity index (χ4v) is 3.39. The molecule has 2 heterocycles. The standard InChI is InChI=1S/C15H16ClN3OS/c1-3-11-15(21-19-18-11)14(17-4-2)13-8-9-7-10(16)5-6-12(9)20-13/h5-8,14,17H,3-4H2,1-2H3. The molecule has 0 bridgehead atoms. The third kappa shape index (κ3) is 2.81. The second-order valence-electron chi connectivity index (χ2n) is 4.76. The van der Waals surface area contributed by atoms with Crippen LogP contribution in [0.5, 0.6) is 0 Å². The van der Waals surface area contributed by atoms with Gasteiger partial charge in [0.25, 0.3) is 0 Å². The molecule has 1 N–H and O–H groups in total. The van der Waals surface area contributed by atoms with Gasteiger partial charge in [0.2, 0.25) is 0 Å². The van der Waals surface area contributed by atoms with Crippen molar-refractivity contribution in [2.24, 2.45) is 0 Å². The van der Waals surface area contributed by atoms with Gasteiger partial charge in [-0.25, -0.2) is 0 Å². The quantitative estimate of drug-likeness (QED) is 0.765. The van der Waals surface area contributed by atoms with Crippen molar-refractivity contribution in [2.75, 3.05) is 6.54 Å². The Balaban J connectivity index is 2.06. The highest BCUT2D eigenvalue weighted by Gasteiger charge is 2.23. The third-order valence-corrected chi connectivity index (χ3v) is 4.44. The van der Waals surface area contributed by atoms with Crippen molar-refractivity contribution in [2.45, 2.75) is 26.3 Å². The number of aryl methyl sites for hydroxylation is 1. The molecule has 21 heavy (non-hydrogen) atoms.